The molecule has 2 rings (SSSR count). The molecule has 0 unspecified atom stereocenters. The van der Waals surface area contributed by atoms with E-state index in [0.29, 0.717) is 12.3 Å². The number of rotatable bonds is 5. The molecular formula is C17H22N2O2. The van der Waals surface area contributed by atoms with Crippen LogP contribution in [0.3, 0.4) is 0 Å². The van der Waals surface area contributed by atoms with Crippen LogP contribution in [0.15, 0.2) is 48.0 Å². The summed E-state index contributed by atoms with van der Waals surface area (Å²) in [6.45, 7) is 10.3. The average molecular weight is 286 g/mol. The van der Waals surface area contributed by atoms with Crippen LogP contribution in [0.5, 0.6) is 5.75 Å². The first-order chi connectivity index (χ1) is 9.92. The Hall–Kier alpha value is -2.10. The molecule has 1 aliphatic heterocycles. The lowest BCUT2D eigenvalue weighted by atomic mass is 9.98. The number of likely N-dealkylation sites (tertiary alicyclic amines) is 1. The highest BCUT2D eigenvalue weighted by Gasteiger charge is 2.48. The topological polar surface area (TPSA) is 41.9 Å². The van der Waals surface area contributed by atoms with Crippen molar-refractivity contribution in [1.82, 2.24) is 4.90 Å². The van der Waals surface area contributed by atoms with E-state index in [1.165, 1.54) is 0 Å². The zero-order chi connectivity index (χ0) is 15.5. The van der Waals surface area contributed by atoms with Gasteiger partial charge in [-0.2, -0.15) is 0 Å². The predicted octanol–water partition coefficient (Wildman–Crippen LogP) is 2.70. The fourth-order valence-electron chi connectivity index (χ4n) is 2.11. The second kappa shape index (κ2) is 6.12. The van der Waals surface area contributed by atoms with Crippen LogP contribution in [-0.4, -0.2) is 41.3 Å². The molecule has 0 bridgehead atoms. The Morgan fingerprint density at radius 1 is 1.33 bits per heavy atom. The zero-order valence-corrected chi connectivity index (χ0v) is 12.8. The second-order valence-corrected chi connectivity index (χ2v) is 6.07. The zero-order valence-electron chi connectivity index (χ0n) is 12.8. The summed E-state index contributed by atoms with van der Waals surface area (Å²) in [6.07, 6.45) is 3.03. The van der Waals surface area contributed by atoms with Crippen molar-refractivity contribution in [3.8, 4) is 5.75 Å². The number of ether oxygens (including phenoxy) is 1. The van der Waals surface area contributed by atoms with Gasteiger partial charge in [-0.05, 0) is 32.9 Å². The van der Waals surface area contributed by atoms with E-state index in [0.717, 1.165) is 0 Å². The minimum absolute atomic E-state index is 0.0240. The van der Waals surface area contributed by atoms with Crippen LogP contribution in [0.2, 0.25) is 0 Å². The van der Waals surface area contributed by atoms with Gasteiger partial charge in [0.15, 0.2) is 0 Å². The summed E-state index contributed by atoms with van der Waals surface area (Å²) < 4.78 is 5.80. The lowest BCUT2D eigenvalue weighted by Crippen LogP contribution is -2.67. The molecule has 1 fully saturated rings. The van der Waals surface area contributed by atoms with Gasteiger partial charge in [-0.3, -0.25) is 9.79 Å². The smallest absolute Gasteiger partial charge is 0.267 e. The molecule has 1 saturated heterocycles. The molecule has 0 N–H and O–H groups in total. The summed E-state index contributed by atoms with van der Waals surface area (Å²) in [5.41, 5.74) is -0.171. The maximum Gasteiger partial charge on any atom is 0.267 e. The van der Waals surface area contributed by atoms with E-state index in [-0.39, 0.29) is 17.5 Å². The van der Waals surface area contributed by atoms with Gasteiger partial charge in [0.05, 0.1) is 5.54 Å². The SMILES string of the molecule is C=CCN1C(=O)[C@H](Oc2ccccc2)[C@@H]1C=NC(C)(C)C. The maximum atomic E-state index is 12.2. The molecule has 0 aliphatic carbocycles. The number of carbonyl (C=O) groups excluding carboxylic acids is 1. The minimum Gasteiger partial charge on any atom is -0.478 e. The van der Waals surface area contributed by atoms with Crippen molar-refractivity contribution >= 4 is 12.1 Å². The Bertz CT molecular complexity index is 531. The third kappa shape index (κ3) is 3.72. The number of benzene rings is 1. The number of hydrogen-bond donors (Lipinski definition) is 0. The van der Waals surface area contributed by atoms with Crippen LogP contribution in [-0.2, 0) is 4.79 Å². The van der Waals surface area contributed by atoms with Gasteiger partial charge in [-0.15, -0.1) is 6.58 Å². The summed E-state index contributed by atoms with van der Waals surface area (Å²) in [7, 11) is 0. The summed E-state index contributed by atoms with van der Waals surface area (Å²) in [4.78, 5) is 18.4. The minimum atomic E-state index is -0.501. The van der Waals surface area contributed by atoms with Crippen molar-refractivity contribution in [2.24, 2.45) is 4.99 Å². The van der Waals surface area contributed by atoms with Crippen LogP contribution in [0.25, 0.3) is 0 Å². The van der Waals surface area contributed by atoms with E-state index in [1.54, 1.807) is 11.0 Å². The van der Waals surface area contributed by atoms with Gasteiger partial charge in [0.25, 0.3) is 5.91 Å². The molecule has 1 aliphatic rings. The van der Waals surface area contributed by atoms with Gasteiger partial charge >= 0.3 is 0 Å². The number of para-hydroxylation sites is 1. The summed E-state index contributed by atoms with van der Waals surface area (Å²) in [5.74, 6) is 0.673. The summed E-state index contributed by atoms with van der Waals surface area (Å²) in [6, 6.07) is 9.24. The van der Waals surface area contributed by atoms with Gasteiger partial charge in [0.2, 0.25) is 6.10 Å². The van der Waals surface area contributed by atoms with Gasteiger partial charge in [-0.1, -0.05) is 24.3 Å². The quantitative estimate of drug-likeness (QED) is 0.474. The molecule has 1 heterocycles. The van der Waals surface area contributed by atoms with E-state index < -0.39 is 6.10 Å². The molecule has 112 valence electrons. The first-order valence-electron chi connectivity index (χ1n) is 7.11. The molecule has 2 atom stereocenters. The van der Waals surface area contributed by atoms with E-state index >= 15 is 0 Å². The number of amides is 1. The van der Waals surface area contributed by atoms with Crippen molar-refractivity contribution in [3.63, 3.8) is 0 Å². The van der Waals surface area contributed by atoms with Gasteiger partial charge in [-0.25, -0.2) is 0 Å². The van der Waals surface area contributed by atoms with Crippen LogP contribution in [0.4, 0.5) is 0 Å². The Morgan fingerprint density at radius 3 is 2.57 bits per heavy atom. The van der Waals surface area contributed by atoms with Crippen LogP contribution >= 0.6 is 0 Å². The van der Waals surface area contributed by atoms with E-state index in [4.69, 9.17) is 4.74 Å². The molecule has 0 radical (unpaired) electrons. The normalized spacial score (nSPS) is 22.2. The molecule has 0 spiro atoms. The summed E-state index contributed by atoms with van der Waals surface area (Å²) >= 11 is 0. The van der Waals surface area contributed by atoms with Gasteiger partial charge < -0.3 is 9.64 Å². The number of hydrogen-bond acceptors (Lipinski definition) is 3. The molecule has 1 aromatic rings. The Labute approximate surface area is 126 Å². The second-order valence-electron chi connectivity index (χ2n) is 6.07. The molecule has 4 heteroatoms. The molecule has 21 heavy (non-hydrogen) atoms. The average Bonchev–Trinajstić information content (AvgIpc) is 2.44. The fourth-order valence-corrected chi connectivity index (χ4v) is 2.11. The van der Waals surface area contributed by atoms with Crippen molar-refractivity contribution in [1.29, 1.82) is 0 Å². The van der Waals surface area contributed by atoms with Crippen LogP contribution < -0.4 is 4.74 Å². The molecule has 4 nitrogen and oxygen atoms in total. The predicted molar refractivity (Wildman–Crippen MR) is 84.8 cm³/mol. The van der Waals surface area contributed by atoms with Crippen molar-refractivity contribution in [2.45, 2.75) is 38.5 Å². The highest BCUT2D eigenvalue weighted by atomic mass is 16.5. The largest absolute Gasteiger partial charge is 0.478 e. The lowest BCUT2D eigenvalue weighted by molar-refractivity contribution is -0.156. The Kier molecular flexibility index (Phi) is 4.46. The summed E-state index contributed by atoms with van der Waals surface area (Å²) in [5, 5.41) is 0. The highest BCUT2D eigenvalue weighted by Crippen LogP contribution is 2.25. The number of β-lactam (4-membered cyclic amide) rings is 1. The number of nitrogens with zero attached hydrogens (tertiary/aromatic N) is 2. The van der Waals surface area contributed by atoms with Gasteiger partial charge in [0.1, 0.15) is 11.8 Å². The fraction of sp³-hybridized carbons (Fsp3) is 0.412. The van der Waals surface area contributed by atoms with Crippen molar-refractivity contribution in [2.75, 3.05) is 6.54 Å². The Morgan fingerprint density at radius 2 is 2.00 bits per heavy atom. The molecule has 1 aromatic carbocycles. The number of aliphatic imine (C=N–C) groups is 1. The van der Waals surface area contributed by atoms with Crippen molar-refractivity contribution < 1.29 is 9.53 Å². The molecular weight excluding hydrogens is 264 g/mol. The first kappa shape index (κ1) is 15.3. The van der Waals surface area contributed by atoms with Crippen LogP contribution in [0, 0.1) is 0 Å². The molecule has 0 saturated carbocycles. The number of carbonyl (C=O) groups is 1. The van der Waals surface area contributed by atoms with E-state index in [9.17, 15) is 4.79 Å². The third-order valence-electron chi connectivity index (χ3n) is 3.14. The molecule has 0 aromatic heterocycles. The van der Waals surface area contributed by atoms with E-state index in [1.807, 2.05) is 57.3 Å². The highest BCUT2D eigenvalue weighted by molar-refractivity contribution is 5.96. The van der Waals surface area contributed by atoms with Gasteiger partial charge in [0, 0.05) is 12.8 Å². The van der Waals surface area contributed by atoms with Crippen molar-refractivity contribution in [3.05, 3.63) is 43.0 Å². The third-order valence-corrected chi connectivity index (χ3v) is 3.14. The Balaban J connectivity index is 2.13. The van der Waals surface area contributed by atoms with Crippen LogP contribution in [0.1, 0.15) is 20.8 Å². The maximum absolute atomic E-state index is 12.2. The first-order valence-corrected chi connectivity index (χ1v) is 7.11. The lowest BCUT2D eigenvalue weighted by Gasteiger charge is -2.44. The molecule has 1 amide bonds. The standard InChI is InChI=1S/C17H22N2O2/c1-5-11-19-14(12-18-17(2,3)4)15(16(19)20)21-13-9-7-6-8-10-13/h5-10,12,14-15H,1,11H2,2-4H3/t14-,15+/m0/s1. The monoisotopic (exact) mass is 286 g/mol. The van der Waals surface area contributed by atoms with E-state index in [2.05, 4.69) is 11.6 Å².